The number of halogens is 2. The maximum Gasteiger partial charge on any atom is 0.266 e. The number of hydrogen-bond donors (Lipinski definition) is 1. The fourth-order valence-corrected chi connectivity index (χ4v) is 3.20. The summed E-state index contributed by atoms with van der Waals surface area (Å²) in [5, 5.41) is 5.22. The van der Waals surface area contributed by atoms with Crippen LogP contribution in [-0.4, -0.2) is 10.9 Å². The molecule has 0 saturated carbocycles. The highest BCUT2D eigenvalue weighted by atomic mass is 35.5. The van der Waals surface area contributed by atoms with E-state index in [1.165, 1.54) is 11.3 Å². The van der Waals surface area contributed by atoms with Crippen LogP contribution in [0.2, 0.25) is 10.3 Å². The van der Waals surface area contributed by atoms with Gasteiger partial charge in [-0.15, -0.1) is 11.3 Å². The molecule has 0 atom stereocenters. The molecule has 0 unspecified atom stereocenters. The van der Waals surface area contributed by atoms with Crippen molar-refractivity contribution < 1.29 is 4.79 Å². The Kier molecular flexibility index (Phi) is 4.45. The van der Waals surface area contributed by atoms with E-state index in [0.717, 1.165) is 17.5 Å². The van der Waals surface area contributed by atoms with E-state index >= 15 is 0 Å². The normalized spacial score (nSPS) is 10.5. The Bertz CT molecular complexity index is 602. The molecule has 0 radical (unpaired) electrons. The fourth-order valence-electron chi connectivity index (χ4n) is 1.73. The van der Waals surface area contributed by atoms with Crippen molar-refractivity contribution in [2.45, 2.75) is 20.3 Å². The Labute approximate surface area is 125 Å². The molecule has 2 aromatic heterocycles. The van der Waals surface area contributed by atoms with E-state index in [9.17, 15) is 4.79 Å². The van der Waals surface area contributed by atoms with E-state index in [2.05, 4.69) is 10.3 Å². The van der Waals surface area contributed by atoms with E-state index in [1.807, 2.05) is 25.3 Å². The van der Waals surface area contributed by atoms with Crippen LogP contribution in [0.1, 0.15) is 27.7 Å². The highest BCUT2D eigenvalue weighted by Crippen LogP contribution is 2.28. The smallest absolute Gasteiger partial charge is 0.266 e. The minimum Gasteiger partial charge on any atom is -0.318 e. The van der Waals surface area contributed by atoms with Crippen molar-refractivity contribution in [1.82, 2.24) is 4.98 Å². The molecular weight excluding hydrogens is 303 g/mol. The highest BCUT2D eigenvalue weighted by Gasteiger charge is 2.16. The standard InChI is InChI=1S/C13H12Cl2N2OS/c1-3-8-4-5-19-11(8)13(18)17-10-7(2)6-9(14)16-12(10)15/h4-6H,3H2,1-2H3,(H,17,18). The number of nitrogens with one attached hydrogen (secondary N) is 1. The molecule has 0 aliphatic rings. The first-order chi connectivity index (χ1) is 9.02. The summed E-state index contributed by atoms with van der Waals surface area (Å²) in [4.78, 5) is 16.9. The van der Waals surface area contributed by atoms with Gasteiger partial charge in [-0.1, -0.05) is 30.1 Å². The van der Waals surface area contributed by atoms with E-state index in [4.69, 9.17) is 23.2 Å². The molecule has 100 valence electrons. The lowest BCUT2D eigenvalue weighted by molar-refractivity contribution is 0.102. The topological polar surface area (TPSA) is 42.0 Å². The van der Waals surface area contributed by atoms with E-state index in [1.54, 1.807) is 6.07 Å². The van der Waals surface area contributed by atoms with E-state index in [-0.39, 0.29) is 11.1 Å². The summed E-state index contributed by atoms with van der Waals surface area (Å²) in [7, 11) is 0. The predicted molar refractivity (Wildman–Crippen MR) is 80.6 cm³/mol. The van der Waals surface area contributed by atoms with E-state index in [0.29, 0.717) is 15.7 Å². The zero-order valence-electron chi connectivity index (χ0n) is 10.5. The van der Waals surface area contributed by atoms with Crippen LogP contribution in [0.5, 0.6) is 0 Å². The Balaban J connectivity index is 2.29. The van der Waals surface area contributed by atoms with Crippen molar-refractivity contribution in [3.8, 4) is 0 Å². The van der Waals surface area contributed by atoms with Gasteiger partial charge in [0.1, 0.15) is 5.15 Å². The number of aryl methyl sites for hydroxylation is 2. The largest absolute Gasteiger partial charge is 0.318 e. The fraction of sp³-hybridized carbons (Fsp3) is 0.231. The summed E-state index contributed by atoms with van der Waals surface area (Å²) in [5.41, 5.74) is 2.32. The quantitative estimate of drug-likeness (QED) is 0.843. The Hall–Kier alpha value is -1.10. The molecule has 2 rings (SSSR count). The molecule has 1 amide bonds. The number of aromatic nitrogens is 1. The molecule has 3 nitrogen and oxygen atoms in total. The van der Waals surface area contributed by atoms with Gasteiger partial charge in [-0.2, -0.15) is 0 Å². The average Bonchev–Trinajstić information content (AvgIpc) is 2.81. The highest BCUT2D eigenvalue weighted by molar-refractivity contribution is 7.12. The molecule has 1 N–H and O–H groups in total. The number of rotatable bonds is 3. The summed E-state index contributed by atoms with van der Waals surface area (Å²) >= 11 is 13.2. The van der Waals surface area contributed by atoms with Gasteiger partial charge in [0, 0.05) is 0 Å². The van der Waals surface area contributed by atoms with Crippen molar-refractivity contribution in [3.05, 3.63) is 43.8 Å². The number of carbonyl (C=O) groups is 1. The van der Waals surface area contributed by atoms with Gasteiger partial charge in [-0.05, 0) is 42.0 Å². The minimum absolute atomic E-state index is 0.166. The van der Waals surface area contributed by atoms with Gasteiger partial charge in [0.2, 0.25) is 0 Å². The zero-order chi connectivity index (χ0) is 14.0. The van der Waals surface area contributed by atoms with Gasteiger partial charge in [0.05, 0.1) is 10.6 Å². The molecule has 19 heavy (non-hydrogen) atoms. The van der Waals surface area contributed by atoms with Crippen LogP contribution in [0, 0.1) is 6.92 Å². The molecule has 2 heterocycles. The van der Waals surface area contributed by atoms with Crippen LogP contribution in [0.15, 0.2) is 17.5 Å². The lowest BCUT2D eigenvalue weighted by atomic mass is 10.2. The first-order valence-corrected chi connectivity index (χ1v) is 7.36. The molecule has 0 saturated heterocycles. The minimum atomic E-state index is -0.166. The van der Waals surface area contributed by atoms with Crippen molar-refractivity contribution in [2.75, 3.05) is 5.32 Å². The lowest BCUT2D eigenvalue weighted by Gasteiger charge is -2.10. The molecule has 0 aromatic carbocycles. The van der Waals surface area contributed by atoms with Crippen LogP contribution in [0.25, 0.3) is 0 Å². The predicted octanol–water partition coefficient (Wildman–Crippen LogP) is 4.57. The van der Waals surface area contributed by atoms with Gasteiger partial charge in [0.25, 0.3) is 5.91 Å². The Morgan fingerprint density at radius 1 is 1.47 bits per heavy atom. The first-order valence-electron chi connectivity index (χ1n) is 5.73. The number of hydrogen-bond acceptors (Lipinski definition) is 3. The summed E-state index contributed by atoms with van der Waals surface area (Å²) in [5.74, 6) is -0.166. The van der Waals surface area contributed by atoms with Crippen LogP contribution in [0.4, 0.5) is 5.69 Å². The molecule has 0 aliphatic carbocycles. The van der Waals surface area contributed by atoms with Crippen molar-refractivity contribution in [1.29, 1.82) is 0 Å². The van der Waals surface area contributed by atoms with Gasteiger partial charge in [-0.3, -0.25) is 4.79 Å². The maximum atomic E-state index is 12.2. The lowest BCUT2D eigenvalue weighted by Crippen LogP contribution is -2.13. The van der Waals surface area contributed by atoms with Crippen molar-refractivity contribution >= 4 is 46.1 Å². The molecule has 0 aliphatic heterocycles. The number of carbonyl (C=O) groups excluding carboxylic acids is 1. The Morgan fingerprint density at radius 3 is 2.84 bits per heavy atom. The van der Waals surface area contributed by atoms with Crippen molar-refractivity contribution in [3.63, 3.8) is 0 Å². The average molecular weight is 315 g/mol. The summed E-state index contributed by atoms with van der Waals surface area (Å²) in [6.45, 7) is 3.84. The number of nitrogens with zero attached hydrogens (tertiary/aromatic N) is 1. The summed E-state index contributed by atoms with van der Waals surface area (Å²) in [6.07, 6.45) is 0.817. The van der Waals surface area contributed by atoms with Crippen LogP contribution >= 0.6 is 34.5 Å². The Morgan fingerprint density at radius 2 is 2.21 bits per heavy atom. The molecular formula is C13H12Cl2N2OS. The zero-order valence-corrected chi connectivity index (χ0v) is 12.8. The van der Waals surface area contributed by atoms with E-state index < -0.39 is 0 Å². The van der Waals surface area contributed by atoms with Gasteiger partial charge in [-0.25, -0.2) is 4.98 Å². The molecule has 2 aromatic rings. The number of anilines is 1. The van der Waals surface area contributed by atoms with Gasteiger partial charge < -0.3 is 5.32 Å². The molecule has 0 bridgehead atoms. The number of thiophene rings is 1. The monoisotopic (exact) mass is 314 g/mol. The summed E-state index contributed by atoms with van der Waals surface area (Å²) in [6, 6.07) is 3.62. The molecule has 6 heteroatoms. The second kappa shape index (κ2) is 5.90. The van der Waals surface area contributed by atoms with Crippen LogP contribution < -0.4 is 5.32 Å². The van der Waals surface area contributed by atoms with Gasteiger partial charge in [0.15, 0.2) is 5.15 Å². The molecule has 0 spiro atoms. The second-order valence-corrected chi connectivity index (χ2v) is 5.67. The van der Waals surface area contributed by atoms with Crippen LogP contribution in [-0.2, 0) is 6.42 Å². The first kappa shape index (κ1) is 14.3. The SMILES string of the molecule is CCc1ccsc1C(=O)Nc1c(C)cc(Cl)nc1Cl. The second-order valence-electron chi connectivity index (χ2n) is 4.01. The van der Waals surface area contributed by atoms with Crippen molar-refractivity contribution in [2.24, 2.45) is 0 Å². The third-order valence-corrected chi connectivity index (χ3v) is 4.14. The van der Waals surface area contributed by atoms with Gasteiger partial charge >= 0.3 is 0 Å². The third kappa shape index (κ3) is 3.08. The summed E-state index contributed by atoms with van der Waals surface area (Å²) < 4.78 is 0. The molecule has 0 fully saturated rings. The number of pyridine rings is 1. The third-order valence-electron chi connectivity index (χ3n) is 2.71. The van der Waals surface area contributed by atoms with Crippen LogP contribution in [0.3, 0.4) is 0 Å². The maximum absolute atomic E-state index is 12.2. The number of amides is 1.